The Hall–Kier alpha value is -1.80. The Kier molecular flexibility index (Phi) is 7.86. The molecule has 0 bridgehead atoms. The van der Waals surface area contributed by atoms with Crippen LogP contribution in [-0.4, -0.2) is 51.7 Å². The summed E-state index contributed by atoms with van der Waals surface area (Å²) in [5.41, 5.74) is 1.53. The van der Waals surface area contributed by atoms with Crippen molar-refractivity contribution in [3.63, 3.8) is 0 Å². The molecule has 1 fully saturated rings. The molecule has 2 aromatic rings. The molecule has 9 heteroatoms. The Bertz CT molecular complexity index is 1030. The van der Waals surface area contributed by atoms with Crippen LogP contribution in [0.25, 0.3) is 0 Å². The number of halogens is 2. The van der Waals surface area contributed by atoms with Crippen LogP contribution < -0.4 is 9.62 Å². The maximum atomic E-state index is 12.5. The van der Waals surface area contributed by atoms with Gasteiger partial charge in [0.25, 0.3) is 5.91 Å². The van der Waals surface area contributed by atoms with E-state index >= 15 is 0 Å². The molecule has 1 amide bonds. The van der Waals surface area contributed by atoms with Crippen molar-refractivity contribution in [2.24, 2.45) is 0 Å². The van der Waals surface area contributed by atoms with Crippen LogP contribution in [0.15, 0.2) is 42.5 Å². The Balaban J connectivity index is 1.68. The Morgan fingerprint density at radius 2 is 1.90 bits per heavy atom. The van der Waals surface area contributed by atoms with E-state index in [0.717, 1.165) is 19.2 Å². The Morgan fingerprint density at radius 1 is 1.19 bits per heavy atom. The Labute approximate surface area is 194 Å². The van der Waals surface area contributed by atoms with Crippen LogP contribution in [-0.2, 0) is 16.6 Å². The quantitative estimate of drug-likeness (QED) is 0.611. The smallest absolute Gasteiger partial charge is 0.251 e. The molecule has 6 nitrogen and oxygen atoms in total. The summed E-state index contributed by atoms with van der Waals surface area (Å²) in [6, 6.07) is 12.1. The van der Waals surface area contributed by atoms with E-state index in [4.69, 9.17) is 23.2 Å². The van der Waals surface area contributed by atoms with E-state index in [2.05, 4.69) is 17.3 Å². The summed E-state index contributed by atoms with van der Waals surface area (Å²) in [4.78, 5) is 14.8. The van der Waals surface area contributed by atoms with Crippen LogP contribution in [0, 0.1) is 0 Å². The molecule has 0 aromatic heterocycles. The monoisotopic (exact) mass is 483 g/mol. The molecule has 31 heavy (non-hydrogen) atoms. The van der Waals surface area contributed by atoms with E-state index in [-0.39, 0.29) is 12.5 Å². The number of anilines is 1. The first-order valence-corrected chi connectivity index (χ1v) is 12.8. The average molecular weight is 484 g/mol. The number of carbonyl (C=O) groups excluding carboxylic acids is 1. The molecule has 1 atom stereocenters. The van der Waals surface area contributed by atoms with Crippen molar-refractivity contribution in [2.75, 3.05) is 30.7 Å². The van der Waals surface area contributed by atoms with Crippen LogP contribution in [0.1, 0.15) is 35.2 Å². The van der Waals surface area contributed by atoms with Crippen LogP contribution in [0.2, 0.25) is 10.0 Å². The summed E-state index contributed by atoms with van der Waals surface area (Å²) in [6.07, 6.45) is 4.42. The lowest BCUT2D eigenvalue weighted by atomic mass is 10.1. The van der Waals surface area contributed by atoms with Gasteiger partial charge in [-0.1, -0.05) is 35.3 Å². The first-order valence-electron chi connectivity index (χ1n) is 10.2. The van der Waals surface area contributed by atoms with E-state index in [1.807, 2.05) is 0 Å². The van der Waals surface area contributed by atoms with Gasteiger partial charge >= 0.3 is 0 Å². The number of nitrogens with zero attached hydrogens (tertiary/aromatic N) is 2. The van der Waals surface area contributed by atoms with Crippen LogP contribution in [0.5, 0.6) is 0 Å². The summed E-state index contributed by atoms with van der Waals surface area (Å²) >= 11 is 12.3. The van der Waals surface area contributed by atoms with Gasteiger partial charge < -0.3 is 10.2 Å². The third kappa shape index (κ3) is 6.13. The molecule has 0 aliphatic carbocycles. The van der Waals surface area contributed by atoms with Gasteiger partial charge in [-0.15, -0.1) is 0 Å². The predicted octanol–water partition coefficient (Wildman–Crippen LogP) is 4.17. The number of nitrogens with one attached hydrogen (secondary N) is 1. The lowest BCUT2D eigenvalue weighted by Gasteiger charge is -2.23. The van der Waals surface area contributed by atoms with Crippen LogP contribution >= 0.6 is 23.2 Å². The Morgan fingerprint density at radius 3 is 2.52 bits per heavy atom. The molecule has 3 rings (SSSR count). The predicted molar refractivity (Wildman–Crippen MR) is 127 cm³/mol. The third-order valence-corrected chi connectivity index (χ3v) is 7.60. The summed E-state index contributed by atoms with van der Waals surface area (Å²) in [5, 5.41) is 3.63. The highest BCUT2D eigenvalue weighted by Gasteiger charge is 2.22. The van der Waals surface area contributed by atoms with Gasteiger partial charge in [0, 0.05) is 18.2 Å². The lowest BCUT2D eigenvalue weighted by molar-refractivity contribution is 0.0950. The number of hydrogen-bond acceptors (Lipinski definition) is 4. The molecule has 0 spiro atoms. The number of hydrogen-bond donors (Lipinski definition) is 1. The van der Waals surface area contributed by atoms with Gasteiger partial charge in [-0.25, -0.2) is 8.42 Å². The minimum Gasteiger partial charge on any atom is -0.352 e. The van der Waals surface area contributed by atoms with E-state index in [9.17, 15) is 13.2 Å². The molecular formula is C22H27Cl2N3O3S. The number of sulfonamides is 1. The maximum absolute atomic E-state index is 12.5. The second-order valence-electron chi connectivity index (χ2n) is 7.85. The van der Waals surface area contributed by atoms with Crippen molar-refractivity contribution in [3.05, 3.63) is 63.6 Å². The summed E-state index contributed by atoms with van der Waals surface area (Å²) in [5.74, 6) is -0.170. The van der Waals surface area contributed by atoms with E-state index < -0.39 is 10.0 Å². The fraction of sp³-hybridized carbons (Fsp3) is 0.409. The minimum absolute atomic E-state index is 0.0404. The highest BCUT2D eigenvalue weighted by Crippen LogP contribution is 2.29. The molecule has 2 aromatic carbocycles. The lowest BCUT2D eigenvalue weighted by Crippen LogP contribution is -2.32. The van der Waals surface area contributed by atoms with Crippen LogP contribution in [0.3, 0.4) is 0 Å². The van der Waals surface area contributed by atoms with Gasteiger partial charge in [0.2, 0.25) is 10.0 Å². The molecule has 1 aliphatic heterocycles. The molecule has 0 saturated carbocycles. The largest absolute Gasteiger partial charge is 0.352 e. The van der Waals surface area contributed by atoms with Crippen molar-refractivity contribution < 1.29 is 13.2 Å². The van der Waals surface area contributed by atoms with Crippen LogP contribution in [0.4, 0.5) is 5.69 Å². The zero-order valence-corrected chi connectivity index (χ0v) is 20.0. The molecule has 1 unspecified atom stereocenters. The standard InChI is InChI=1S/C22H27Cl2N3O3S/c1-26-14-4-6-18(26)12-13-25-22(28)16-8-10-19(11-9-16)27(31(2,29)30)15-17-5-3-7-20(23)21(17)24/h3,5,7-11,18H,4,6,12-15H2,1-2H3,(H,25,28). The van der Waals surface area contributed by atoms with Gasteiger partial charge in [0.15, 0.2) is 0 Å². The zero-order chi connectivity index (χ0) is 22.6. The first-order chi connectivity index (χ1) is 14.7. The third-order valence-electron chi connectivity index (χ3n) is 5.60. The van der Waals surface area contributed by atoms with Gasteiger partial charge in [-0.2, -0.15) is 0 Å². The molecule has 0 radical (unpaired) electrons. The summed E-state index contributed by atoms with van der Waals surface area (Å²) < 4.78 is 26.1. The molecule has 168 valence electrons. The van der Waals surface area contributed by atoms with Gasteiger partial charge in [0.05, 0.1) is 28.5 Å². The van der Waals surface area contributed by atoms with Gasteiger partial charge in [-0.05, 0) is 68.8 Å². The van der Waals surface area contributed by atoms with E-state index in [1.54, 1.807) is 42.5 Å². The van der Waals surface area contributed by atoms with Crippen molar-refractivity contribution in [3.8, 4) is 0 Å². The molecule has 1 heterocycles. The number of likely N-dealkylation sites (tertiary alicyclic amines) is 1. The minimum atomic E-state index is -3.58. The number of benzene rings is 2. The topological polar surface area (TPSA) is 69.7 Å². The number of rotatable bonds is 8. The van der Waals surface area contributed by atoms with Crippen molar-refractivity contribution in [1.82, 2.24) is 10.2 Å². The highest BCUT2D eigenvalue weighted by atomic mass is 35.5. The van der Waals surface area contributed by atoms with E-state index in [1.165, 1.54) is 17.1 Å². The summed E-state index contributed by atoms with van der Waals surface area (Å²) in [7, 11) is -1.47. The normalized spacial score (nSPS) is 17.0. The van der Waals surface area contributed by atoms with E-state index in [0.29, 0.717) is 39.4 Å². The van der Waals surface area contributed by atoms with Crippen molar-refractivity contribution >= 4 is 44.8 Å². The SMILES string of the molecule is CN1CCCC1CCNC(=O)c1ccc(N(Cc2cccc(Cl)c2Cl)S(C)(=O)=O)cc1. The second kappa shape index (κ2) is 10.2. The van der Waals surface area contributed by atoms with Gasteiger partial charge in [-0.3, -0.25) is 9.10 Å². The second-order valence-corrected chi connectivity index (χ2v) is 10.5. The number of amides is 1. The van der Waals surface area contributed by atoms with Gasteiger partial charge in [0.1, 0.15) is 0 Å². The molecular weight excluding hydrogens is 457 g/mol. The number of carbonyl (C=O) groups is 1. The molecule has 1 N–H and O–H groups in total. The maximum Gasteiger partial charge on any atom is 0.251 e. The highest BCUT2D eigenvalue weighted by molar-refractivity contribution is 7.92. The average Bonchev–Trinajstić information content (AvgIpc) is 3.13. The molecule has 1 saturated heterocycles. The summed E-state index contributed by atoms with van der Waals surface area (Å²) in [6.45, 7) is 1.76. The molecule has 1 aliphatic rings. The zero-order valence-electron chi connectivity index (χ0n) is 17.6. The fourth-order valence-corrected chi connectivity index (χ4v) is 5.06. The van der Waals surface area contributed by atoms with Crippen molar-refractivity contribution in [2.45, 2.75) is 31.8 Å². The van der Waals surface area contributed by atoms with Crippen molar-refractivity contribution in [1.29, 1.82) is 0 Å². The first kappa shape index (κ1) is 23.9. The fourth-order valence-electron chi connectivity index (χ4n) is 3.80.